The average molecular weight is 417 g/mol. The van der Waals surface area contributed by atoms with E-state index in [1.165, 1.54) is 0 Å². The third kappa shape index (κ3) is 3.95. The maximum absolute atomic E-state index is 12.3. The second-order valence-corrected chi connectivity index (χ2v) is 10.00. The van der Waals surface area contributed by atoms with Gasteiger partial charge < -0.3 is 4.57 Å². The van der Waals surface area contributed by atoms with E-state index in [9.17, 15) is 18.5 Å². The molecule has 2 atom stereocenters. The Morgan fingerprint density at radius 1 is 1.34 bits per heavy atom. The van der Waals surface area contributed by atoms with E-state index in [0.29, 0.717) is 37.4 Å². The molecule has 156 valence electrons. The standard InChI is InChI=1S/C21H28N4O3S/c1-5-29(27,28)25-9-8-23(12-16(25)3)15(2)13-24-19(11-22)10-20-17(4)18(14-26)6-7-21(20)24/h6-7,10,14-16H,5,8-9,12-13H2,1-4H3/t15-,16-/m0/s1. The van der Waals surface area contributed by atoms with Crippen LogP contribution in [0.3, 0.4) is 0 Å². The summed E-state index contributed by atoms with van der Waals surface area (Å²) in [6, 6.07) is 7.87. The fourth-order valence-electron chi connectivity index (χ4n) is 4.24. The zero-order valence-electron chi connectivity index (χ0n) is 17.4. The Morgan fingerprint density at radius 2 is 2.07 bits per heavy atom. The fraction of sp³-hybridized carbons (Fsp3) is 0.524. The van der Waals surface area contributed by atoms with Crippen molar-refractivity contribution in [1.29, 1.82) is 5.26 Å². The van der Waals surface area contributed by atoms with E-state index in [1.54, 1.807) is 17.3 Å². The quantitative estimate of drug-likeness (QED) is 0.675. The molecule has 8 heteroatoms. The van der Waals surface area contributed by atoms with E-state index in [0.717, 1.165) is 22.8 Å². The molecule has 0 spiro atoms. The Kier molecular flexibility index (Phi) is 6.13. The van der Waals surface area contributed by atoms with E-state index in [4.69, 9.17) is 0 Å². The van der Waals surface area contributed by atoms with Crippen molar-refractivity contribution in [3.05, 3.63) is 35.0 Å². The number of benzene rings is 1. The molecule has 0 radical (unpaired) electrons. The van der Waals surface area contributed by atoms with Gasteiger partial charge in [0.15, 0.2) is 0 Å². The van der Waals surface area contributed by atoms with Crippen LogP contribution in [0.4, 0.5) is 0 Å². The third-order valence-corrected chi connectivity index (χ3v) is 8.01. The molecule has 1 saturated heterocycles. The lowest BCUT2D eigenvalue weighted by Crippen LogP contribution is -2.56. The van der Waals surface area contributed by atoms with Gasteiger partial charge in [0.1, 0.15) is 18.0 Å². The summed E-state index contributed by atoms with van der Waals surface area (Å²) in [5.41, 5.74) is 3.02. The summed E-state index contributed by atoms with van der Waals surface area (Å²) >= 11 is 0. The highest BCUT2D eigenvalue weighted by molar-refractivity contribution is 7.89. The minimum Gasteiger partial charge on any atom is -0.331 e. The second-order valence-electron chi connectivity index (χ2n) is 7.79. The summed E-state index contributed by atoms with van der Waals surface area (Å²) in [5, 5.41) is 10.5. The lowest BCUT2D eigenvalue weighted by atomic mass is 10.1. The summed E-state index contributed by atoms with van der Waals surface area (Å²) in [7, 11) is -3.19. The third-order valence-electron chi connectivity index (χ3n) is 6.03. The van der Waals surface area contributed by atoms with Crippen molar-refractivity contribution in [3.63, 3.8) is 0 Å². The largest absolute Gasteiger partial charge is 0.331 e. The number of hydrogen-bond donors (Lipinski definition) is 0. The summed E-state index contributed by atoms with van der Waals surface area (Å²) in [5.74, 6) is 0.121. The first-order valence-corrected chi connectivity index (χ1v) is 11.6. The molecule has 0 unspecified atom stereocenters. The van der Waals surface area contributed by atoms with Gasteiger partial charge in [-0.05, 0) is 51.5 Å². The smallest absolute Gasteiger partial charge is 0.214 e. The fourth-order valence-corrected chi connectivity index (χ4v) is 5.54. The van der Waals surface area contributed by atoms with Crippen molar-refractivity contribution in [2.75, 3.05) is 25.4 Å². The number of nitrogens with zero attached hydrogens (tertiary/aromatic N) is 4. The lowest BCUT2D eigenvalue weighted by Gasteiger charge is -2.41. The summed E-state index contributed by atoms with van der Waals surface area (Å²) in [6.45, 7) is 10.1. The molecular formula is C21H28N4O3S. The van der Waals surface area contributed by atoms with Gasteiger partial charge in [-0.15, -0.1) is 0 Å². The van der Waals surface area contributed by atoms with Crippen LogP contribution in [-0.2, 0) is 16.6 Å². The van der Waals surface area contributed by atoms with Gasteiger partial charge in [0, 0.05) is 54.7 Å². The molecule has 29 heavy (non-hydrogen) atoms. The topological polar surface area (TPSA) is 86.4 Å². The number of rotatable bonds is 6. The van der Waals surface area contributed by atoms with Crippen molar-refractivity contribution in [2.45, 2.75) is 46.3 Å². The Bertz CT molecular complexity index is 1070. The maximum atomic E-state index is 12.3. The molecule has 1 aromatic carbocycles. The highest BCUT2D eigenvalue weighted by Gasteiger charge is 2.33. The van der Waals surface area contributed by atoms with E-state index >= 15 is 0 Å². The van der Waals surface area contributed by atoms with E-state index in [1.807, 2.05) is 30.5 Å². The number of aryl methyl sites for hydroxylation is 1. The monoisotopic (exact) mass is 416 g/mol. The lowest BCUT2D eigenvalue weighted by molar-refractivity contribution is 0.102. The Balaban J connectivity index is 1.84. The second kappa shape index (κ2) is 8.27. The average Bonchev–Trinajstić information content (AvgIpc) is 3.06. The highest BCUT2D eigenvalue weighted by atomic mass is 32.2. The van der Waals surface area contributed by atoms with Crippen molar-refractivity contribution in [3.8, 4) is 6.07 Å². The van der Waals surface area contributed by atoms with Gasteiger partial charge in [0.25, 0.3) is 0 Å². The first-order valence-electron chi connectivity index (χ1n) is 9.95. The van der Waals surface area contributed by atoms with Gasteiger partial charge in [0.05, 0.1) is 5.75 Å². The van der Waals surface area contributed by atoms with Crippen LogP contribution in [0.15, 0.2) is 18.2 Å². The number of carbonyl (C=O) groups excluding carboxylic acids is 1. The molecule has 1 aliphatic rings. The van der Waals surface area contributed by atoms with Gasteiger partial charge in [-0.1, -0.05) is 0 Å². The summed E-state index contributed by atoms with van der Waals surface area (Å²) < 4.78 is 28.1. The molecular weight excluding hydrogens is 388 g/mol. The van der Waals surface area contributed by atoms with Crippen LogP contribution in [0.1, 0.15) is 42.4 Å². The van der Waals surface area contributed by atoms with Crippen LogP contribution in [0.2, 0.25) is 0 Å². The van der Waals surface area contributed by atoms with Gasteiger partial charge in [-0.25, -0.2) is 8.42 Å². The number of fused-ring (bicyclic) bond motifs is 1. The molecule has 0 N–H and O–H groups in total. The number of aromatic nitrogens is 1. The molecule has 0 amide bonds. The van der Waals surface area contributed by atoms with Crippen molar-refractivity contribution in [1.82, 2.24) is 13.8 Å². The van der Waals surface area contributed by atoms with E-state index in [2.05, 4.69) is 17.9 Å². The van der Waals surface area contributed by atoms with Crippen LogP contribution in [-0.4, -0.2) is 65.9 Å². The molecule has 7 nitrogen and oxygen atoms in total. The first-order chi connectivity index (χ1) is 13.7. The van der Waals surface area contributed by atoms with Crippen LogP contribution in [0.5, 0.6) is 0 Å². The molecule has 1 aromatic heterocycles. The molecule has 0 saturated carbocycles. The number of piperazine rings is 1. The summed E-state index contributed by atoms with van der Waals surface area (Å²) in [6.07, 6.45) is 0.839. The normalized spacial score (nSPS) is 19.9. The SMILES string of the molecule is CCS(=O)(=O)N1CCN([C@@H](C)Cn2c(C#N)cc3c(C)c(C=O)ccc32)C[C@@H]1C. The number of hydrogen-bond acceptors (Lipinski definition) is 5. The molecule has 0 aliphatic carbocycles. The van der Waals surface area contributed by atoms with Gasteiger partial charge in [0.2, 0.25) is 10.0 Å². The van der Waals surface area contributed by atoms with Gasteiger partial charge in [-0.2, -0.15) is 9.57 Å². The molecule has 2 aromatic rings. The predicted molar refractivity (Wildman–Crippen MR) is 113 cm³/mol. The predicted octanol–water partition coefficient (Wildman–Crippen LogP) is 2.38. The molecule has 0 bridgehead atoms. The Morgan fingerprint density at radius 3 is 2.66 bits per heavy atom. The first kappa shape index (κ1) is 21.5. The van der Waals surface area contributed by atoms with Gasteiger partial charge in [-0.3, -0.25) is 9.69 Å². The van der Waals surface area contributed by atoms with Crippen molar-refractivity contribution >= 4 is 27.2 Å². The van der Waals surface area contributed by atoms with Crippen LogP contribution in [0, 0.1) is 18.3 Å². The molecule has 2 heterocycles. The Hall–Kier alpha value is -2.21. The van der Waals surface area contributed by atoms with Crippen molar-refractivity contribution < 1.29 is 13.2 Å². The van der Waals surface area contributed by atoms with Crippen LogP contribution >= 0.6 is 0 Å². The van der Waals surface area contributed by atoms with E-state index in [-0.39, 0.29) is 17.8 Å². The Labute approximate surface area is 172 Å². The minimum absolute atomic E-state index is 0.0783. The number of sulfonamides is 1. The number of aldehydes is 1. The zero-order valence-corrected chi connectivity index (χ0v) is 18.2. The molecule has 1 aliphatic heterocycles. The van der Waals surface area contributed by atoms with Gasteiger partial charge >= 0.3 is 0 Å². The minimum atomic E-state index is -3.19. The number of nitriles is 1. The maximum Gasteiger partial charge on any atom is 0.214 e. The number of carbonyl (C=O) groups is 1. The van der Waals surface area contributed by atoms with E-state index < -0.39 is 10.0 Å². The van der Waals surface area contributed by atoms with Crippen LogP contribution in [0.25, 0.3) is 10.9 Å². The summed E-state index contributed by atoms with van der Waals surface area (Å²) in [4.78, 5) is 13.5. The van der Waals surface area contributed by atoms with Crippen molar-refractivity contribution in [2.24, 2.45) is 0 Å². The van der Waals surface area contributed by atoms with Crippen LogP contribution < -0.4 is 0 Å². The highest BCUT2D eigenvalue weighted by Crippen LogP contribution is 2.26. The zero-order chi connectivity index (χ0) is 21.3. The molecule has 1 fully saturated rings. The molecule has 3 rings (SSSR count).